The summed E-state index contributed by atoms with van der Waals surface area (Å²) in [7, 11) is 5.98. The second-order valence-electron chi connectivity index (χ2n) is 7.79. The molecule has 1 amide bonds. The number of methoxy groups -OCH3 is 1. The maximum absolute atomic E-state index is 13.1. The standard InChI is InChI=1S/C20H27N3O2/c1-21-11-17(16-6-4-5-7-18(16)21)19(24)23-13-20(14-23)10-15(12-25-3)8-9-22(20)2/h4-7,11,15H,8-10,12-14H2,1-3H3/t15-/m1/s1. The molecule has 3 heterocycles. The number of fused-ring (bicyclic) bond motifs is 1. The van der Waals surface area contributed by atoms with Crippen LogP contribution in [-0.4, -0.2) is 66.2 Å². The fraction of sp³-hybridized carbons (Fsp3) is 0.550. The van der Waals surface area contributed by atoms with Crippen molar-refractivity contribution in [1.29, 1.82) is 0 Å². The molecule has 1 aromatic carbocycles. The smallest absolute Gasteiger partial charge is 0.256 e. The van der Waals surface area contributed by atoms with Crippen LogP contribution in [0.25, 0.3) is 10.9 Å². The first kappa shape index (κ1) is 16.6. The zero-order valence-electron chi connectivity index (χ0n) is 15.4. The maximum atomic E-state index is 13.1. The quantitative estimate of drug-likeness (QED) is 0.860. The molecule has 0 saturated carbocycles. The van der Waals surface area contributed by atoms with Crippen LogP contribution in [-0.2, 0) is 11.8 Å². The van der Waals surface area contributed by atoms with Gasteiger partial charge in [0.05, 0.1) is 11.1 Å². The third kappa shape index (κ3) is 2.66. The van der Waals surface area contributed by atoms with E-state index in [0.29, 0.717) is 5.92 Å². The average Bonchev–Trinajstić information content (AvgIpc) is 2.92. The molecule has 4 rings (SSSR count). The molecule has 2 aliphatic rings. The molecule has 0 radical (unpaired) electrons. The van der Waals surface area contributed by atoms with E-state index in [0.717, 1.165) is 49.1 Å². The lowest BCUT2D eigenvalue weighted by Gasteiger charge is -2.58. The molecular weight excluding hydrogens is 314 g/mol. The van der Waals surface area contributed by atoms with E-state index in [1.54, 1.807) is 7.11 Å². The van der Waals surface area contributed by atoms with Crippen LogP contribution in [0.15, 0.2) is 30.5 Å². The number of amides is 1. The normalized spacial score (nSPS) is 23.2. The van der Waals surface area contributed by atoms with Gasteiger partial charge < -0.3 is 14.2 Å². The Morgan fingerprint density at radius 1 is 1.28 bits per heavy atom. The highest BCUT2D eigenvalue weighted by atomic mass is 16.5. The summed E-state index contributed by atoms with van der Waals surface area (Å²) in [6.45, 7) is 3.56. The first-order chi connectivity index (χ1) is 12.0. The summed E-state index contributed by atoms with van der Waals surface area (Å²) < 4.78 is 7.41. The lowest BCUT2D eigenvalue weighted by molar-refractivity contribution is -0.0730. The average molecular weight is 341 g/mol. The number of benzene rings is 1. The van der Waals surface area contributed by atoms with Gasteiger partial charge in [-0.25, -0.2) is 0 Å². The molecule has 5 nitrogen and oxygen atoms in total. The van der Waals surface area contributed by atoms with Gasteiger partial charge >= 0.3 is 0 Å². The van der Waals surface area contributed by atoms with Gasteiger partial charge in [0.25, 0.3) is 5.91 Å². The molecule has 1 aromatic heterocycles. The molecule has 134 valence electrons. The molecule has 2 fully saturated rings. The summed E-state index contributed by atoms with van der Waals surface area (Å²) in [5.74, 6) is 0.765. The first-order valence-corrected chi connectivity index (χ1v) is 9.07. The van der Waals surface area contributed by atoms with Crippen LogP contribution < -0.4 is 0 Å². The minimum absolute atomic E-state index is 0.141. The van der Waals surface area contributed by atoms with Crippen molar-refractivity contribution < 1.29 is 9.53 Å². The summed E-state index contributed by atoms with van der Waals surface area (Å²) in [6.07, 6.45) is 4.27. The van der Waals surface area contributed by atoms with Crippen molar-refractivity contribution in [2.75, 3.05) is 40.4 Å². The Kier molecular flexibility index (Phi) is 4.08. The molecule has 0 aliphatic carbocycles. The van der Waals surface area contributed by atoms with Crippen molar-refractivity contribution in [3.63, 3.8) is 0 Å². The second-order valence-corrected chi connectivity index (χ2v) is 7.79. The number of likely N-dealkylation sites (N-methyl/N-ethyl adjacent to an activating group) is 1. The van der Waals surface area contributed by atoms with Gasteiger partial charge in [0, 0.05) is 51.0 Å². The van der Waals surface area contributed by atoms with Crippen molar-refractivity contribution in [1.82, 2.24) is 14.4 Å². The van der Waals surface area contributed by atoms with Crippen LogP contribution in [0, 0.1) is 5.92 Å². The molecule has 2 saturated heterocycles. The molecule has 25 heavy (non-hydrogen) atoms. The number of nitrogens with zero attached hydrogens (tertiary/aromatic N) is 3. The minimum Gasteiger partial charge on any atom is -0.384 e. The van der Waals surface area contributed by atoms with E-state index < -0.39 is 0 Å². The van der Waals surface area contributed by atoms with Crippen LogP contribution >= 0.6 is 0 Å². The highest BCUT2D eigenvalue weighted by molar-refractivity contribution is 6.07. The summed E-state index contributed by atoms with van der Waals surface area (Å²) in [5.41, 5.74) is 2.07. The largest absolute Gasteiger partial charge is 0.384 e. The van der Waals surface area contributed by atoms with E-state index in [1.807, 2.05) is 40.9 Å². The molecule has 0 bridgehead atoms. The Balaban J connectivity index is 1.52. The third-order valence-corrected chi connectivity index (χ3v) is 6.14. The Labute approximate surface area is 149 Å². The highest BCUT2D eigenvalue weighted by Gasteiger charge is 2.51. The van der Waals surface area contributed by atoms with Crippen LogP contribution in [0.2, 0.25) is 0 Å². The number of hydrogen-bond donors (Lipinski definition) is 0. The summed E-state index contributed by atoms with van der Waals surface area (Å²) in [6, 6.07) is 8.12. The number of rotatable bonds is 3. The fourth-order valence-corrected chi connectivity index (χ4v) is 4.65. The highest BCUT2D eigenvalue weighted by Crippen LogP contribution is 2.39. The molecule has 1 spiro atoms. The predicted molar refractivity (Wildman–Crippen MR) is 98.8 cm³/mol. The number of carbonyl (C=O) groups is 1. The molecule has 0 unspecified atom stereocenters. The van der Waals surface area contributed by atoms with E-state index >= 15 is 0 Å². The van der Waals surface area contributed by atoms with Gasteiger partial charge in [-0.15, -0.1) is 0 Å². The lowest BCUT2D eigenvalue weighted by Crippen LogP contribution is -2.72. The Hall–Kier alpha value is -1.85. The lowest BCUT2D eigenvalue weighted by atomic mass is 9.75. The van der Waals surface area contributed by atoms with Crippen LogP contribution in [0.1, 0.15) is 23.2 Å². The molecular formula is C20H27N3O2. The summed E-state index contributed by atoms with van der Waals surface area (Å²) in [4.78, 5) is 17.5. The number of likely N-dealkylation sites (tertiary alicyclic amines) is 2. The number of hydrogen-bond acceptors (Lipinski definition) is 3. The van der Waals surface area contributed by atoms with Crippen molar-refractivity contribution in [2.45, 2.75) is 18.4 Å². The number of carbonyl (C=O) groups excluding carboxylic acids is 1. The van der Waals surface area contributed by atoms with Gasteiger partial charge in [-0.3, -0.25) is 9.69 Å². The Morgan fingerprint density at radius 2 is 2.04 bits per heavy atom. The molecule has 2 aliphatic heterocycles. The van der Waals surface area contributed by atoms with E-state index in [4.69, 9.17) is 4.74 Å². The van der Waals surface area contributed by atoms with Crippen molar-refractivity contribution in [3.05, 3.63) is 36.0 Å². The molecule has 2 aromatic rings. The van der Waals surface area contributed by atoms with E-state index in [-0.39, 0.29) is 11.4 Å². The monoisotopic (exact) mass is 341 g/mol. The van der Waals surface area contributed by atoms with E-state index in [2.05, 4.69) is 18.0 Å². The number of para-hydroxylation sites is 1. The number of aromatic nitrogens is 1. The first-order valence-electron chi connectivity index (χ1n) is 9.07. The number of piperidine rings is 1. The van der Waals surface area contributed by atoms with Crippen molar-refractivity contribution in [2.24, 2.45) is 13.0 Å². The van der Waals surface area contributed by atoms with E-state index in [1.165, 1.54) is 6.42 Å². The van der Waals surface area contributed by atoms with Crippen molar-refractivity contribution in [3.8, 4) is 0 Å². The van der Waals surface area contributed by atoms with Crippen molar-refractivity contribution >= 4 is 16.8 Å². The molecule has 5 heteroatoms. The minimum atomic E-state index is 0.141. The zero-order valence-corrected chi connectivity index (χ0v) is 15.4. The third-order valence-electron chi connectivity index (χ3n) is 6.14. The zero-order chi connectivity index (χ0) is 17.6. The number of aryl methyl sites for hydroxylation is 1. The van der Waals surface area contributed by atoms with Gasteiger partial charge in [-0.05, 0) is 38.4 Å². The Morgan fingerprint density at radius 3 is 2.80 bits per heavy atom. The summed E-state index contributed by atoms with van der Waals surface area (Å²) >= 11 is 0. The van der Waals surface area contributed by atoms with Gasteiger partial charge in [0.1, 0.15) is 0 Å². The molecule has 1 atom stereocenters. The molecule has 0 N–H and O–H groups in total. The summed E-state index contributed by atoms with van der Waals surface area (Å²) in [5, 5.41) is 1.05. The van der Waals surface area contributed by atoms with Gasteiger partial charge in [-0.2, -0.15) is 0 Å². The predicted octanol–water partition coefficient (Wildman–Crippen LogP) is 2.36. The maximum Gasteiger partial charge on any atom is 0.256 e. The van der Waals surface area contributed by atoms with Crippen LogP contribution in [0.3, 0.4) is 0 Å². The topological polar surface area (TPSA) is 37.7 Å². The van der Waals surface area contributed by atoms with Crippen LogP contribution in [0.5, 0.6) is 0 Å². The fourth-order valence-electron chi connectivity index (χ4n) is 4.65. The van der Waals surface area contributed by atoms with E-state index in [9.17, 15) is 4.79 Å². The Bertz CT molecular complexity index is 791. The number of ether oxygens (including phenoxy) is 1. The van der Waals surface area contributed by atoms with Gasteiger partial charge in [0.2, 0.25) is 0 Å². The SMILES string of the molecule is COC[C@@H]1CCN(C)C2(C1)CN(C(=O)c1cn(C)c3ccccc13)C2. The van der Waals surface area contributed by atoms with Crippen LogP contribution in [0.4, 0.5) is 0 Å². The second kappa shape index (κ2) is 6.15. The van der Waals surface area contributed by atoms with Gasteiger partial charge in [-0.1, -0.05) is 18.2 Å². The van der Waals surface area contributed by atoms with Gasteiger partial charge in [0.15, 0.2) is 0 Å².